The lowest BCUT2D eigenvalue weighted by molar-refractivity contribution is -0.134. The zero-order valence-electron chi connectivity index (χ0n) is 22.5. The number of carbonyl (C=O) groups excluding carboxylic acids is 1. The third-order valence-corrected chi connectivity index (χ3v) is 7.22. The van der Waals surface area contributed by atoms with E-state index in [2.05, 4.69) is 63.0 Å². The van der Waals surface area contributed by atoms with E-state index >= 15 is 0 Å². The Labute approximate surface area is 231 Å². The van der Waals surface area contributed by atoms with E-state index in [9.17, 15) is 4.79 Å². The highest BCUT2D eigenvalue weighted by molar-refractivity contribution is 5.94. The molecule has 0 unspecified atom stereocenters. The Morgan fingerprint density at radius 3 is 2.52 bits per heavy atom. The fourth-order valence-corrected chi connectivity index (χ4v) is 4.97. The van der Waals surface area contributed by atoms with E-state index in [0.29, 0.717) is 41.7 Å². The average molecular weight is 536 g/mol. The van der Waals surface area contributed by atoms with Crippen LogP contribution in [-0.2, 0) is 11.8 Å². The maximum absolute atomic E-state index is 11.8. The van der Waals surface area contributed by atoms with Gasteiger partial charge in [0.15, 0.2) is 11.5 Å². The molecule has 1 amide bonds. The zero-order valence-corrected chi connectivity index (χ0v) is 22.5. The summed E-state index contributed by atoms with van der Waals surface area (Å²) in [5.41, 5.74) is 4.76. The van der Waals surface area contributed by atoms with Crippen molar-refractivity contribution in [3.8, 4) is 28.4 Å². The number of aromatic nitrogens is 3. The predicted octanol–water partition coefficient (Wildman–Crippen LogP) is 5.32. The van der Waals surface area contributed by atoms with Crippen LogP contribution in [0, 0.1) is 0 Å². The second-order valence-electron chi connectivity index (χ2n) is 9.67. The first-order valence-corrected chi connectivity index (χ1v) is 12.9. The number of methoxy groups -OCH3 is 2. The Bertz CT molecular complexity index is 1760. The van der Waals surface area contributed by atoms with Crippen LogP contribution in [0.25, 0.3) is 32.9 Å². The van der Waals surface area contributed by atoms with Crippen LogP contribution in [0.4, 0.5) is 11.5 Å². The van der Waals surface area contributed by atoms with Crippen molar-refractivity contribution >= 4 is 39.2 Å². The number of carbonyl (C=O) groups is 1. The van der Waals surface area contributed by atoms with Gasteiger partial charge in [0.05, 0.1) is 38.5 Å². The highest BCUT2D eigenvalue weighted by Crippen LogP contribution is 2.38. The second-order valence-corrected chi connectivity index (χ2v) is 9.67. The molecule has 0 atom stereocenters. The van der Waals surface area contributed by atoms with E-state index in [1.807, 2.05) is 31.3 Å². The van der Waals surface area contributed by atoms with Crippen LogP contribution >= 0.6 is 0 Å². The van der Waals surface area contributed by atoms with E-state index < -0.39 is 0 Å². The van der Waals surface area contributed by atoms with Crippen molar-refractivity contribution in [2.24, 2.45) is 7.05 Å². The van der Waals surface area contributed by atoms with Crippen molar-refractivity contribution in [1.29, 1.82) is 0 Å². The molecule has 0 bridgehead atoms. The molecule has 3 aromatic carbocycles. The summed E-state index contributed by atoms with van der Waals surface area (Å²) >= 11 is 0. The topological polar surface area (TPSA) is 90.7 Å². The van der Waals surface area contributed by atoms with E-state index in [0.717, 1.165) is 27.7 Å². The SMILES string of the molecule is C=CC(=O)N1CC(Oc2cc3c(Nc4cc(-c5ccc6ccn(C)c6c5)ccc4OC)ncnc3cc2OC)C1. The van der Waals surface area contributed by atoms with Gasteiger partial charge in [0, 0.05) is 30.2 Å². The summed E-state index contributed by atoms with van der Waals surface area (Å²) in [6, 6.07) is 18.3. The molecule has 0 radical (unpaired) electrons. The summed E-state index contributed by atoms with van der Waals surface area (Å²) in [4.78, 5) is 22.5. The van der Waals surface area contributed by atoms with Gasteiger partial charge in [-0.2, -0.15) is 0 Å². The molecule has 1 aliphatic heterocycles. The summed E-state index contributed by atoms with van der Waals surface area (Å²) < 4.78 is 19.6. The average Bonchev–Trinajstić information content (AvgIpc) is 3.33. The van der Waals surface area contributed by atoms with Gasteiger partial charge < -0.3 is 29.0 Å². The first-order chi connectivity index (χ1) is 19.5. The minimum absolute atomic E-state index is 0.107. The third kappa shape index (κ3) is 4.55. The molecule has 9 heteroatoms. The summed E-state index contributed by atoms with van der Waals surface area (Å²) in [5, 5.41) is 5.41. The number of hydrogen-bond donors (Lipinski definition) is 1. The Balaban J connectivity index is 1.34. The summed E-state index contributed by atoms with van der Waals surface area (Å²) in [6.07, 6.45) is 4.74. The van der Waals surface area contributed by atoms with E-state index in [1.165, 1.54) is 17.8 Å². The number of likely N-dealkylation sites (tertiary alicyclic amines) is 1. The molecular formula is C31H29N5O4. The summed E-state index contributed by atoms with van der Waals surface area (Å²) in [5.74, 6) is 2.29. The Morgan fingerprint density at radius 1 is 0.975 bits per heavy atom. The zero-order chi connectivity index (χ0) is 27.8. The first kappa shape index (κ1) is 25.2. The van der Waals surface area contributed by atoms with E-state index in [1.54, 1.807) is 19.1 Å². The lowest BCUT2D eigenvalue weighted by atomic mass is 10.0. The van der Waals surface area contributed by atoms with Crippen LogP contribution in [0.5, 0.6) is 17.2 Å². The molecule has 6 rings (SSSR count). The quantitative estimate of drug-likeness (QED) is 0.269. The van der Waals surface area contributed by atoms with Crippen LogP contribution in [0.15, 0.2) is 79.8 Å². The minimum atomic E-state index is -0.144. The van der Waals surface area contributed by atoms with Crippen molar-refractivity contribution < 1.29 is 19.0 Å². The third-order valence-electron chi connectivity index (χ3n) is 7.22. The fourth-order valence-electron chi connectivity index (χ4n) is 4.97. The smallest absolute Gasteiger partial charge is 0.246 e. The van der Waals surface area contributed by atoms with Crippen LogP contribution in [0.1, 0.15) is 0 Å². The van der Waals surface area contributed by atoms with Crippen molar-refractivity contribution in [3.63, 3.8) is 0 Å². The van der Waals surface area contributed by atoms with Crippen LogP contribution in [0.3, 0.4) is 0 Å². The van der Waals surface area contributed by atoms with Crippen LogP contribution in [-0.4, -0.2) is 58.8 Å². The second kappa shape index (κ2) is 10.3. The van der Waals surface area contributed by atoms with Gasteiger partial charge in [-0.25, -0.2) is 9.97 Å². The van der Waals surface area contributed by atoms with Crippen LogP contribution in [0.2, 0.25) is 0 Å². The normalized spacial score (nSPS) is 13.2. The molecule has 2 aromatic heterocycles. The Hall–Kier alpha value is -5.05. The number of ether oxygens (including phenoxy) is 3. The maximum atomic E-state index is 11.8. The highest BCUT2D eigenvalue weighted by atomic mass is 16.5. The molecule has 0 aliphatic carbocycles. The predicted molar refractivity (Wildman–Crippen MR) is 155 cm³/mol. The number of amides is 1. The standard InChI is InChI=1S/C31H29N5O4/c1-5-30(37)36-16-22(17-36)40-29-14-23-24(15-28(29)39-4)32-18-33-31(23)34-25-12-20(8-9-27(25)38-3)21-7-6-19-10-11-35(2)26(19)13-21/h5-15,18,22H,1,16-17H2,2-4H3,(H,32,33,34). The van der Waals surface area contributed by atoms with Crippen molar-refractivity contribution in [2.45, 2.75) is 6.10 Å². The van der Waals surface area contributed by atoms with Gasteiger partial charge in [-0.3, -0.25) is 4.79 Å². The number of anilines is 2. The van der Waals surface area contributed by atoms with Gasteiger partial charge in [-0.1, -0.05) is 24.8 Å². The molecule has 0 spiro atoms. The molecule has 5 aromatic rings. The summed E-state index contributed by atoms with van der Waals surface area (Å²) in [6.45, 7) is 4.52. The number of hydrogen-bond acceptors (Lipinski definition) is 7. The molecule has 3 heterocycles. The largest absolute Gasteiger partial charge is 0.495 e. The molecule has 1 fully saturated rings. The van der Waals surface area contributed by atoms with Gasteiger partial charge >= 0.3 is 0 Å². The first-order valence-electron chi connectivity index (χ1n) is 12.9. The summed E-state index contributed by atoms with van der Waals surface area (Å²) in [7, 11) is 5.28. The number of nitrogens with one attached hydrogen (secondary N) is 1. The van der Waals surface area contributed by atoms with E-state index in [4.69, 9.17) is 14.2 Å². The molecule has 1 aliphatic rings. The van der Waals surface area contributed by atoms with Gasteiger partial charge in [-0.15, -0.1) is 0 Å². The molecular weight excluding hydrogens is 506 g/mol. The Morgan fingerprint density at radius 2 is 1.75 bits per heavy atom. The number of aryl methyl sites for hydroxylation is 1. The van der Waals surface area contributed by atoms with Crippen molar-refractivity contribution in [1.82, 2.24) is 19.4 Å². The van der Waals surface area contributed by atoms with E-state index in [-0.39, 0.29) is 12.0 Å². The van der Waals surface area contributed by atoms with Crippen molar-refractivity contribution in [2.75, 3.05) is 32.6 Å². The lowest BCUT2D eigenvalue weighted by Crippen LogP contribution is -2.55. The Kier molecular flexibility index (Phi) is 6.47. The number of fused-ring (bicyclic) bond motifs is 2. The minimum Gasteiger partial charge on any atom is -0.495 e. The molecule has 202 valence electrons. The van der Waals surface area contributed by atoms with Crippen molar-refractivity contribution in [3.05, 3.63) is 79.8 Å². The number of benzene rings is 3. The number of rotatable bonds is 8. The molecule has 1 saturated heterocycles. The monoisotopic (exact) mass is 535 g/mol. The van der Waals surface area contributed by atoms with Gasteiger partial charge in [-0.05, 0) is 52.9 Å². The number of nitrogens with zero attached hydrogens (tertiary/aromatic N) is 4. The van der Waals surface area contributed by atoms with Gasteiger partial charge in [0.1, 0.15) is 24.0 Å². The maximum Gasteiger partial charge on any atom is 0.246 e. The fraction of sp³-hybridized carbons (Fsp3) is 0.194. The molecule has 0 saturated carbocycles. The lowest BCUT2D eigenvalue weighted by Gasteiger charge is -2.38. The van der Waals surface area contributed by atoms with Gasteiger partial charge in [0.25, 0.3) is 0 Å². The molecule has 40 heavy (non-hydrogen) atoms. The molecule has 9 nitrogen and oxygen atoms in total. The molecule has 1 N–H and O–H groups in total. The van der Waals surface area contributed by atoms with Gasteiger partial charge in [0.2, 0.25) is 5.91 Å². The van der Waals surface area contributed by atoms with Crippen LogP contribution < -0.4 is 19.5 Å². The highest BCUT2D eigenvalue weighted by Gasteiger charge is 2.31.